The Kier molecular flexibility index (Phi) is 7.93. The van der Waals surface area contributed by atoms with Gasteiger partial charge in [0.1, 0.15) is 12.1 Å². The number of hydrogen-bond donors (Lipinski definition) is 3. The smallest absolute Gasteiger partial charge is 0.406 e. The summed E-state index contributed by atoms with van der Waals surface area (Å²) in [5.74, 6) is 0.156. The Morgan fingerprint density at radius 3 is 2.59 bits per heavy atom. The molecule has 12 heteroatoms. The number of thiocarbonyl (C=S) groups is 1. The predicted molar refractivity (Wildman–Crippen MR) is 153 cm³/mol. The molecule has 0 fully saturated rings. The van der Waals surface area contributed by atoms with Gasteiger partial charge in [0.25, 0.3) is 0 Å². The summed E-state index contributed by atoms with van der Waals surface area (Å²) in [6.45, 7) is 4.05. The molecule has 8 nitrogen and oxygen atoms in total. The highest BCUT2D eigenvalue weighted by Crippen LogP contribution is 2.28. The molecule has 0 bridgehead atoms. The zero-order valence-corrected chi connectivity index (χ0v) is 23.1. The van der Waals surface area contributed by atoms with E-state index < -0.39 is 6.36 Å². The van der Waals surface area contributed by atoms with E-state index in [1.54, 1.807) is 0 Å². The van der Waals surface area contributed by atoms with Crippen LogP contribution in [0.3, 0.4) is 0 Å². The Balaban J connectivity index is 1.18. The SMILES string of the molecule is CCc1cccc(C)c1NC(=S)NC(=O)NC1Cc2ccc(-c3ncn(-c4ccc(OC(F)(F)F)cc4)n3)cc2C1. The standard InChI is InChI=1S/C29H27F3N6O2S/c1-3-18-6-4-5-17(2)25(18)35-28(41)36-27(39)34-22-14-19-7-8-20(13-21(19)15-22)26-33-16-38(37-26)23-9-11-24(12-10-23)40-29(30,31)32/h4-13,16,22H,3,14-15H2,1-2H3,(H3,34,35,36,39,41). The molecular formula is C29H27F3N6O2S. The summed E-state index contributed by atoms with van der Waals surface area (Å²) >= 11 is 5.38. The fraction of sp³-hybridized carbons (Fsp3) is 0.241. The number of fused-ring (bicyclic) bond motifs is 1. The average Bonchev–Trinajstić information content (AvgIpc) is 3.56. The minimum Gasteiger partial charge on any atom is -0.406 e. The van der Waals surface area contributed by atoms with Gasteiger partial charge in [-0.15, -0.1) is 18.3 Å². The number of anilines is 1. The third-order valence-electron chi connectivity index (χ3n) is 6.76. The number of urea groups is 1. The topological polar surface area (TPSA) is 93.1 Å². The van der Waals surface area contributed by atoms with Crippen molar-refractivity contribution in [3.63, 3.8) is 0 Å². The molecule has 5 rings (SSSR count). The molecule has 1 heterocycles. The van der Waals surface area contributed by atoms with E-state index in [0.717, 1.165) is 39.9 Å². The summed E-state index contributed by atoms with van der Waals surface area (Å²) in [6.07, 6.45) is -1.11. The molecule has 1 aliphatic rings. The normalized spacial score (nSPS) is 14.3. The highest BCUT2D eigenvalue weighted by Gasteiger charge is 2.31. The maximum absolute atomic E-state index is 12.7. The number of halogens is 3. The van der Waals surface area contributed by atoms with Crippen molar-refractivity contribution >= 4 is 29.0 Å². The second-order valence-electron chi connectivity index (χ2n) is 9.66. The van der Waals surface area contributed by atoms with Crippen molar-refractivity contribution in [2.75, 3.05) is 5.32 Å². The summed E-state index contributed by atoms with van der Waals surface area (Å²) in [5, 5.41) is 13.6. The number of ether oxygens (including phenoxy) is 1. The van der Waals surface area contributed by atoms with Crippen LogP contribution in [0.15, 0.2) is 67.0 Å². The van der Waals surface area contributed by atoms with Crippen molar-refractivity contribution in [3.8, 4) is 22.8 Å². The van der Waals surface area contributed by atoms with E-state index in [1.807, 2.05) is 43.3 Å². The maximum Gasteiger partial charge on any atom is 0.573 e. The first kappa shape index (κ1) is 28.1. The first-order valence-electron chi connectivity index (χ1n) is 12.9. The first-order valence-corrected chi connectivity index (χ1v) is 13.4. The van der Waals surface area contributed by atoms with Crippen LogP contribution in [0.2, 0.25) is 0 Å². The highest BCUT2D eigenvalue weighted by atomic mass is 32.1. The lowest BCUT2D eigenvalue weighted by molar-refractivity contribution is -0.274. The number of carbonyl (C=O) groups is 1. The highest BCUT2D eigenvalue weighted by molar-refractivity contribution is 7.80. The molecule has 0 saturated heterocycles. The Hall–Kier alpha value is -4.45. The minimum atomic E-state index is -4.75. The van der Waals surface area contributed by atoms with Crippen molar-refractivity contribution in [1.29, 1.82) is 0 Å². The number of alkyl halides is 3. The molecule has 0 aliphatic heterocycles. The number of carbonyl (C=O) groups excluding carboxylic acids is 1. The predicted octanol–water partition coefficient (Wildman–Crippen LogP) is 5.87. The van der Waals surface area contributed by atoms with E-state index in [0.29, 0.717) is 24.4 Å². The van der Waals surface area contributed by atoms with E-state index in [1.165, 1.54) is 35.3 Å². The molecule has 3 aromatic carbocycles. The molecule has 3 N–H and O–H groups in total. The van der Waals surface area contributed by atoms with E-state index in [-0.39, 0.29) is 22.9 Å². The van der Waals surface area contributed by atoms with Gasteiger partial charge >= 0.3 is 12.4 Å². The summed E-state index contributed by atoms with van der Waals surface area (Å²) in [5.41, 5.74) is 6.59. The van der Waals surface area contributed by atoms with Gasteiger partial charge in [0.2, 0.25) is 0 Å². The zero-order chi connectivity index (χ0) is 29.1. The van der Waals surface area contributed by atoms with Crippen molar-refractivity contribution < 1.29 is 22.7 Å². The molecule has 0 spiro atoms. The van der Waals surface area contributed by atoms with Crippen LogP contribution in [0.5, 0.6) is 5.75 Å². The third-order valence-corrected chi connectivity index (χ3v) is 6.97. The lowest BCUT2D eigenvalue weighted by Crippen LogP contribution is -2.46. The van der Waals surface area contributed by atoms with Gasteiger partial charge in [-0.1, -0.05) is 37.3 Å². The number of nitrogens with zero attached hydrogens (tertiary/aromatic N) is 3. The number of rotatable bonds is 6. The number of aromatic nitrogens is 3. The van der Waals surface area contributed by atoms with Gasteiger partial charge in [0.15, 0.2) is 10.9 Å². The van der Waals surface area contributed by atoms with Crippen molar-refractivity contribution in [1.82, 2.24) is 25.4 Å². The molecule has 0 saturated carbocycles. The van der Waals surface area contributed by atoms with Gasteiger partial charge in [-0.3, -0.25) is 5.32 Å². The Morgan fingerprint density at radius 2 is 1.85 bits per heavy atom. The molecule has 1 aliphatic carbocycles. The second-order valence-corrected chi connectivity index (χ2v) is 10.1. The fourth-order valence-electron chi connectivity index (χ4n) is 4.85. The van der Waals surface area contributed by atoms with Gasteiger partial charge in [-0.25, -0.2) is 14.5 Å². The molecule has 0 radical (unpaired) electrons. The number of benzene rings is 3. The van der Waals surface area contributed by atoms with Crippen molar-refractivity contribution in [3.05, 3.63) is 89.2 Å². The van der Waals surface area contributed by atoms with E-state index in [9.17, 15) is 18.0 Å². The van der Waals surface area contributed by atoms with Crippen LogP contribution in [-0.2, 0) is 19.3 Å². The van der Waals surface area contributed by atoms with Crippen molar-refractivity contribution in [2.45, 2.75) is 45.5 Å². The molecule has 41 heavy (non-hydrogen) atoms. The van der Waals surface area contributed by atoms with Gasteiger partial charge < -0.3 is 15.4 Å². The lowest BCUT2D eigenvalue weighted by atomic mass is 10.1. The lowest BCUT2D eigenvalue weighted by Gasteiger charge is -2.17. The number of hydrogen-bond acceptors (Lipinski definition) is 5. The van der Waals surface area contributed by atoms with Crippen LogP contribution in [0, 0.1) is 6.92 Å². The monoisotopic (exact) mass is 580 g/mol. The van der Waals surface area contributed by atoms with Crippen LogP contribution < -0.4 is 20.7 Å². The number of amides is 2. The van der Waals surface area contributed by atoms with E-state index in [4.69, 9.17) is 12.2 Å². The van der Waals surface area contributed by atoms with Crippen LogP contribution in [0.4, 0.5) is 23.7 Å². The quantitative estimate of drug-likeness (QED) is 0.247. The van der Waals surface area contributed by atoms with E-state index in [2.05, 4.69) is 37.7 Å². The summed E-state index contributed by atoms with van der Waals surface area (Å²) in [6, 6.07) is 16.8. The molecule has 1 aromatic heterocycles. The fourth-order valence-corrected chi connectivity index (χ4v) is 5.05. The van der Waals surface area contributed by atoms with E-state index >= 15 is 0 Å². The van der Waals surface area contributed by atoms with Gasteiger partial charge in [-0.2, -0.15) is 0 Å². The molecule has 2 amide bonds. The van der Waals surface area contributed by atoms with Crippen LogP contribution in [0.1, 0.15) is 29.2 Å². The largest absolute Gasteiger partial charge is 0.573 e. The number of aryl methyl sites for hydroxylation is 2. The Bertz CT molecular complexity index is 1590. The maximum atomic E-state index is 12.7. The van der Waals surface area contributed by atoms with Crippen molar-refractivity contribution in [2.24, 2.45) is 0 Å². The van der Waals surface area contributed by atoms with Crippen LogP contribution in [0.25, 0.3) is 17.1 Å². The number of para-hydroxylation sites is 1. The third kappa shape index (κ3) is 6.83. The van der Waals surface area contributed by atoms with Crippen LogP contribution in [-0.4, -0.2) is 38.3 Å². The molecule has 4 aromatic rings. The number of nitrogens with one attached hydrogen (secondary N) is 3. The molecule has 212 valence electrons. The average molecular weight is 581 g/mol. The summed E-state index contributed by atoms with van der Waals surface area (Å²) in [7, 11) is 0. The second kappa shape index (κ2) is 11.6. The van der Waals surface area contributed by atoms with Crippen LogP contribution >= 0.6 is 12.2 Å². The Morgan fingerprint density at radius 1 is 1.10 bits per heavy atom. The Labute approximate surface area is 239 Å². The minimum absolute atomic E-state index is 0.101. The molecule has 1 unspecified atom stereocenters. The van der Waals surface area contributed by atoms with Gasteiger partial charge in [0, 0.05) is 17.3 Å². The molecular weight excluding hydrogens is 553 g/mol. The van der Waals surface area contributed by atoms with Gasteiger partial charge in [0.05, 0.1) is 5.69 Å². The van der Waals surface area contributed by atoms with Gasteiger partial charge in [-0.05, 0) is 91.0 Å². The first-order chi connectivity index (χ1) is 19.6. The molecule has 1 atom stereocenters. The zero-order valence-electron chi connectivity index (χ0n) is 22.2. The summed E-state index contributed by atoms with van der Waals surface area (Å²) < 4.78 is 42.6. The summed E-state index contributed by atoms with van der Waals surface area (Å²) in [4.78, 5) is 17.0.